The van der Waals surface area contributed by atoms with Crippen molar-refractivity contribution in [2.24, 2.45) is 7.05 Å². The van der Waals surface area contributed by atoms with Gasteiger partial charge in [0.1, 0.15) is 6.54 Å². The van der Waals surface area contributed by atoms with Gasteiger partial charge >= 0.3 is 0 Å². The Labute approximate surface area is 187 Å². The maximum atomic E-state index is 13.5. The van der Waals surface area contributed by atoms with Crippen molar-refractivity contribution in [3.63, 3.8) is 0 Å². The van der Waals surface area contributed by atoms with E-state index in [9.17, 15) is 9.59 Å². The average Bonchev–Trinajstić information content (AvgIpc) is 3.25. The van der Waals surface area contributed by atoms with Crippen molar-refractivity contribution in [2.45, 2.75) is 6.04 Å². The van der Waals surface area contributed by atoms with Crippen molar-refractivity contribution in [1.29, 1.82) is 0 Å². The van der Waals surface area contributed by atoms with Crippen LogP contribution in [0.1, 0.15) is 27.5 Å². The van der Waals surface area contributed by atoms with Gasteiger partial charge in [0.2, 0.25) is 5.91 Å². The molecule has 0 radical (unpaired) electrons. The summed E-state index contributed by atoms with van der Waals surface area (Å²) in [7, 11) is 5.50. The van der Waals surface area contributed by atoms with Gasteiger partial charge in [0, 0.05) is 43.2 Å². The molecule has 0 fully saturated rings. The monoisotopic (exact) mass is 423 g/mol. The third-order valence-electron chi connectivity index (χ3n) is 6.33. The minimum Gasteiger partial charge on any atom is -0.347 e. The first-order valence-electron chi connectivity index (χ1n) is 10.7. The molecule has 0 spiro atoms. The van der Waals surface area contributed by atoms with E-state index >= 15 is 0 Å². The molecular weight excluding hydrogens is 398 g/mol. The topological polar surface area (TPSA) is 45.6 Å². The molecule has 0 bridgehead atoms. The molecule has 1 atom stereocenters. The van der Waals surface area contributed by atoms with Crippen molar-refractivity contribution in [3.8, 4) is 11.3 Å². The fourth-order valence-electron chi connectivity index (χ4n) is 4.78. The Morgan fingerprint density at radius 2 is 1.56 bits per heavy atom. The molecule has 5 nitrogen and oxygen atoms in total. The van der Waals surface area contributed by atoms with Crippen molar-refractivity contribution < 1.29 is 9.59 Å². The van der Waals surface area contributed by atoms with Gasteiger partial charge in [-0.05, 0) is 23.3 Å². The lowest BCUT2D eigenvalue weighted by Crippen LogP contribution is -2.39. The lowest BCUT2D eigenvalue weighted by atomic mass is 9.93. The molecule has 160 valence electrons. The predicted octanol–water partition coefficient (Wildman–Crippen LogP) is 4.48. The maximum Gasteiger partial charge on any atom is 0.255 e. The smallest absolute Gasteiger partial charge is 0.255 e. The summed E-state index contributed by atoms with van der Waals surface area (Å²) in [6.07, 6.45) is 0. The highest BCUT2D eigenvalue weighted by molar-refractivity contribution is 6.03. The largest absolute Gasteiger partial charge is 0.347 e. The van der Waals surface area contributed by atoms with Crippen LogP contribution in [0.5, 0.6) is 0 Å². The fourth-order valence-corrected chi connectivity index (χ4v) is 4.78. The maximum absolute atomic E-state index is 13.5. The second-order valence-electron chi connectivity index (χ2n) is 8.42. The van der Waals surface area contributed by atoms with E-state index in [1.807, 2.05) is 54.6 Å². The van der Waals surface area contributed by atoms with E-state index in [-0.39, 0.29) is 24.4 Å². The number of likely N-dealkylation sites (N-methyl/N-ethyl adjacent to an activating group) is 1. The molecule has 4 aromatic rings. The molecule has 0 N–H and O–H groups in total. The van der Waals surface area contributed by atoms with Crippen molar-refractivity contribution in [3.05, 3.63) is 95.6 Å². The van der Waals surface area contributed by atoms with Crippen molar-refractivity contribution >= 4 is 22.7 Å². The van der Waals surface area contributed by atoms with Crippen LogP contribution in [-0.2, 0) is 11.8 Å². The van der Waals surface area contributed by atoms with Gasteiger partial charge in [0.05, 0.1) is 11.7 Å². The first-order chi connectivity index (χ1) is 15.5. The number of para-hydroxylation sites is 1. The highest BCUT2D eigenvalue weighted by Crippen LogP contribution is 2.46. The van der Waals surface area contributed by atoms with E-state index in [4.69, 9.17) is 0 Å². The number of amides is 2. The average molecular weight is 424 g/mol. The number of hydrogen-bond donors (Lipinski definition) is 0. The molecule has 5 rings (SSSR count). The molecule has 0 unspecified atom stereocenters. The highest BCUT2D eigenvalue weighted by Gasteiger charge is 2.41. The zero-order valence-electron chi connectivity index (χ0n) is 18.4. The van der Waals surface area contributed by atoms with Crippen LogP contribution in [-0.4, -0.2) is 46.8 Å². The third-order valence-corrected chi connectivity index (χ3v) is 6.33. The number of hydrogen-bond acceptors (Lipinski definition) is 2. The van der Waals surface area contributed by atoms with Gasteiger partial charge in [0.15, 0.2) is 0 Å². The Hall–Kier alpha value is -3.86. The Balaban J connectivity index is 1.81. The van der Waals surface area contributed by atoms with Crippen molar-refractivity contribution in [2.75, 3.05) is 20.6 Å². The fraction of sp³-hybridized carbons (Fsp3) is 0.185. The summed E-state index contributed by atoms with van der Waals surface area (Å²) in [4.78, 5) is 29.5. The molecule has 1 aliphatic heterocycles. The lowest BCUT2D eigenvalue weighted by Gasteiger charge is -2.27. The van der Waals surface area contributed by atoms with Crippen LogP contribution in [0.3, 0.4) is 0 Å². The second kappa shape index (κ2) is 7.68. The number of rotatable bonds is 4. The summed E-state index contributed by atoms with van der Waals surface area (Å²) in [5.41, 5.74) is 5.89. The Morgan fingerprint density at radius 3 is 2.31 bits per heavy atom. The Morgan fingerprint density at radius 1 is 0.906 bits per heavy atom. The molecule has 3 aromatic carbocycles. The number of carbonyl (C=O) groups is 2. The van der Waals surface area contributed by atoms with E-state index in [2.05, 4.69) is 35.9 Å². The van der Waals surface area contributed by atoms with E-state index in [1.165, 1.54) is 4.90 Å². The van der Waals surface area contributed by atoms with Gasteiger partial charge in [-0.15, -0.1) is 0 Å². The van der Waals surface area contributed by atoms with Crippen LogP contribution in [0.2, 0.25) is 0 Å². The molecule has 2 heterocycles. The first kappa shape index (κ1) is 20.1. The number of fused-ring (bicyclic) bond motifs is 2. The van der Waals surface area contributed by atoms with Crippen LogP contribution in [0.4, 0.5) is 0 Å². The van der Waals surface area contributed by atoms with Crippen LogP contribution in [0.25, 0.3) is 22.2 Å². The molecule has 5 heteroatoms. The van der Waals surface area contributed by atoms with Crippen molar-refractivity contribution in [1.82, 2.24) is 14.4 Å². The van der Waals surface area contributed by atoms with Gasteiger partial charge in [-0.3, -0.25) is 9.59 Å². The molecule has 1 aliphatic rings. The van der Waals surface area contributed by atoms with Crippen LogP contribution < -0.4 is 0 Å². The summed E-state index contributed by atoms with van der Waals surface area (Å²) in [5.74, 6) is -0.203. The molecule has 2 amide bonds. The SMILES string of the molecule is CN(C)C(=O)CN1C(=O)c2ccccc2[C@H]1c1c(-c2ccccc2)n(C)c2ccccc12. The normalized spacial score (nSPS) is 15.3. The quantitative estimate of drug-likeness (QED) is 0.486. The molecular formula is C27H25N3O2. The summed E-state index contributed by atoms with van der Waals surface area (Å²) in [6.45, 7) is 0.0304. The molecule has 0 saturated carbocycles. The number of carbonyl (C=O) groups excluding carboxylic acids is 2. The molecule has 0 saturated heterocycles. The zero-order chi connectivity index (χ0) is 22.4. The lowest BCUT2D eigenvalue weighted by molar-refractivity contribution is -0.129. The highest BCUT2D eigenvalue weighted by atomic mass is 16.2. The standard InChI is InChI=1S/C27H25N3O2/c1-28(2)23(31)17-30-26(19-13-7-8-14-20(19)27(30)32)24-21-15-9-10-16-22(21)29(3)25(24)18-11-5-4-6-12-18/h4-16,26H,17H2,1-3H3/t26-/m0/s1. The number of aryl methyl sites for hydroxylation is 1. The van der Waals surface area contributed by atoms with Gasteiger partial charge in [0.25, 0.3) is 5.91 Å². The number of aromatic nitrogens is 1. The summed E-state index contributed by atoms with van der Waals surface area (Å²) in [5, 5.41) is 1.09. The zero-order valence-corrected chi connectivity index (χ0v) is 18.4. The van der Waals surface area contributed by atoms with Crippen LogP contribution >= 0.6 is 0 Å². The first-order valence-corrected chi connectivity index (χ1v) is 10.7. The van der Waals surface area contributed by atoms with Gasteiger partial charge in [-0.2, -0.15) is 0 Å². The second-order valence-corrected chi connectivity index (χ2v) is 8.42. The predicted molar refractivity (Wildman–Crippen MR) is 126 cm³/mol. The van der Waals surface area contributed by atoms with E-state index < -0.39 is 0 Å². The minimum absolute atomic E-state index is 0.0304. The third kappa shape index (κ3) is 3.01. The van der Waals surface area contributed by atoms with E-state index in [0.717, 1.165) is 33.3 Å². The summed E-state index contributed by atoms with van der Waals surface area (Å²) < 4.78 is 2.19. The molecule has 1 aromatic heterocycles. The Bertz CT molecular complexity index is 1340. The summed E-state index contributed by atoms with van der Waals surface area (Å²) >= 11 is 0. The van der Waals surface area contributed by atoms with Gasteiger partial charge in [-0.1, -0.05) is 66.7 Å². The van der Waals surface area contributed by atoms with E-state index in [1.54, 1.807) is 19.0 Å². The Kier molecular flexibility index (Phi) is 4.82. The molecule has 32 heavy (non-hydrogen) atoms. The number of nitrogens with zero attached hydrogens (tertiary/aromatic N) is 3. The van der Waals surface area contributed by atoms with Gasteiger partial charge < -0.3 is 14.4 Å². The van der Waals surface area contributed by atoms with Crippen LogP contribution in [0, 0.1) is 0 Å². The molecule has 0 aliphatic carbocycles. The van der Waals surface area contributed by atoms with Gasteiger partial charge in [-0.25, -0.2) is 0 Å². The minimum atomic E-state index is -0.344. The summed E-state index contributed by atoms with van der Waals surface area (Å²) in [6, 6.07) is 25.9. The van der Waals surface area contributed by atoms with E-state index in [0.29, 0.717) is 5.56 Å². The number of benzene rings is 3. The van der Waals surface area contributed by atoms with Crippen LogP contribution in [0.15, 0.2) is 78.9 Å².